The van der Waals surface area contributed by atoms with Gasteiger partial charge < -0.3 is 10.0 Å². The summed E-state index contributed by atoms with van der Waals surface area (Å²) in [6.45, 7) is 3.83. The molecule has 1 heterocycles. The van der Waals surface area contributed by atoms with Crippen LogP contribution in [-0.2, 0) is 0 Å². The third-order valence-corrected chi connectivity index (χ3v) is 2.52. The molecule has 0 unspecified atom stereocenters. The van der Waals surface area contributed by atoms with Gasteiger partial charge in [-0.05, 0) is 13.8 Å². The second kappa shape index (κ2) is 4.11. The standard InChI is InChI=1S/C9H14ClN3O/c1-9(2,6-14)13(3)8-7(10)11-4-5-12-8/h4-5,14H,6H2,1-3H3. The third kappa shape index (κ3) is 2.13. The summed E-state index contributed by atoms with van der Waals surface area (Å²) < 4.78 is 0. The minimum absolute atomic E-state index is 0.0242. The number of hydrogen-bond donors (Lipinski definition) is 1. The van der Waals surface area contributed by atoms with Gasteiger partial charge in [0, 0.05) is 19.4 Å². The van der Waals surface area contributed by atoms with Crippen molar-refractivity contribution in [2.75, 3.05) is 18.6 Å². The lowest BCUT2D eigenvalue weighted by atomic mass is 10.1. The smallest absolute Gasteiger partial charge is 0.171 e. The Kier molecular flexibility index (Phi) is 3.29. The van der Waals surface area contributed by atoms with Crippen molar-refractivity contribution in [3.05, 3.63) is 17.5 Å². The Morgan fingerprint density at radius 1 is 1.43 bits per heavy atom. The summed E-state index contributed by atoms with van der Waals surface area (Å²) in [6, 6.07) is 0. The number of aliphatic hydroxyl groups is 1. The first-order chi connectivity index (χ1) is 6.49. The van der Waals surface area contributed by atoms with Crippen LogP contribution in [0.4, 0.5) is 5.82 Å². The van der Waals surface area contributed by atoms with Crippen molar-refractivity contribution in [1.82, 2.24) is 9.97 Å². The quantitative estimate of drug-likeness (QED) is 0.827. The average Bonchev–Trinajstić information content (AvgIpc) is 2.17. The number of likely N-dealkylation sites (N-methyl/N-ethyl adjacent to an activating group) is 1. The molecular weight excluding hydrogens is 202 g/mol. The lowest BCUT2D eigenvalue weighted by Crippen LogP contribution is -2.45. The molecule has 1 aromatic heterocycles. The van der Waals surface area contributed by atoms with E-state index in [1.165, 1.54) is 6.20 Å². The molecule has 0 aliphatic carbocycles. The van der Waals surface area contributed by atoms with E-state index in [1.807, 2.05) is 25.8 Å². The number of aliphatic hydroxyl groups excluding tert-OH is 1. The Morgan fingerprint density at radius 3 is 2.50 bits per heavy atom. The first-order valence-corrected chi connectivity index (χ1v) is 4.68. The van der Waals surface area contributed by atoms with Crippen LogP contribution in [-0.4, -0.2) is 34.3 Å². The highest BCUT2D eigenvalue weighted by Gasteiger charge is 2.25. The molecule has 0 aliphatic rings. The average molecular weight is 216 g/mol. The summed E-state index contributed by atoms with van der Waals surface area (Å²) in [5.74, 6) is 0.577. The summed E-state index contributed by atoms with van der Waals surface area (Å²) in [5, 5.41) is 9.53. The molecule has 0 aromatic carbocycles. The second-order valence-electron chi connectivity index (χ2n) is 3.70. The fourth-order valence-corrected chi connectivity index (χ4v) is 1.16. The van der Waals surface area contributed by atoms with E-state index in [4.69, 9.17) is 11.6 Å². The molecule has 0 atom stereocenters. The number of halogens is 1. The molecule has 0 saturated heterocycles. The van der Waals surface area contributed by atoms with Gasteiger partial charge in [-0.3, -0.25) is 0 Å². The van der Waals surface area contributed by atoms with Gasteiger partial charge in [-0.1, -0.05) is 11.6 Å². The minimum Gasteiger partial charge on any atom is -0.394 e. The summed E-state index contributed by atoms with van der Waals surface area (Å²) in [5.41, 5.74) is -0.403. The van der Waals surface area contributed by atoms with Gasteiger partial charge in [0.1, 0.15) is 0 Å². The van der Waals surface area contributed by atoms with E-state index in [-0.39, 0.29) is 6.61 Å². The van der Waals surface area contributed by atoms with Crippen molar-refractivity contribution >= 4 is 17.4 Å². The predicted molar refractivity (Wildman–Crippen MR) is 56.6 cm³/mol. The topological polar surface area (TPSA) is 49.2 Å². The maximum Gasteiger partial charge on any atom is 0.171 e. The first kappa shape index (κ1) is 11.2. The number of nitrogens with zero attached hydrogens (tertiary/aromatic N) is 3. The van der Waals surface area contributed by atoms with E-state index < -0.39 is 5.54 Å². The van der Waals surface area contributed by atoms with Gasteiger partial charge in [-0.15, -0.1) is 0 Å². The summed E-state index contributed by atoms with van der Waals surface area (Å²) >= 11 is 5.89. The zero-order valence-electron chi connectivity index (χ0n) is 8.53. The Hall–Kier alpha value is -0.870. The third-order valence-electron chi connectivity index (χ3n) is 2.25. The molecule has 0 saturated carbocycles. The molecule has 1 rings (SSSR count). The highest BCUT2D eigenvalue weighted by molar-refractivity contribution is 6.31. The van der Waals surface area contributed by atoms with Crippen molar-refractivity contribution < 1.29 is 5.11 Å². The monoisotopic (exact) mass is 215 g/mol. The van der Waals surface area contributed by atoms with Gasteiger partial charge >= 0.3 is 0 Å². The largest absolute Gasteiger partial charge is 0.394 e. The number of rotatable bonds is 3. The molecule has 4 nitrogen and oxygen atoms in total. The van der Waals surface area contributed by atoms with Crippen molar-refractivity contribution in [3.63, 3.8) is 0 Å². The Labute approximate surface area is 88.6 Å². The van der Waals surface area contributed by atoms with Crippen LogP contribution in [0.5, 0.6) is 0 Å². The normalized spacial score (nSPS) is 11.5. The molecule has 0 amide bonds. The first-order valence-electron chi connectivity index (χ1n) is 4.30. The van der Waals surface area contributed by atoms with E-state index in [2.05, 4.69) is 9.97 Å². The molecule has 0 radical (unpaired) electrons. The van der Waals surface area contributed by atoms with E-state index >= 15 is 0 Å². The van der Waals surface area contributed by atoms with Crippen LogP contribution in [0.1, 0.15) is 13.8 Å². The fourth-order valence-electron chi connectivity index (χ4n) is 0.931. The van der Waals surface area contributed by atoms with Crippen molar-refractivity contribution in [1.29, 1.82) is 0 Å². The zero-order valence-corrected chi connectivity index (χ0v) is 9.28. The van der Waals surface area contributed by atoms with Crippen molar-refractivity contribution in [2.24, 2.45) is 0 Å². The maximum atomic E-state index is 9.18. The molecule has 0 aliphatic heterocycles. The fraction of sp³-hybridized carbons (Fsp3) is 0.556. The van der Waals surface area contributed by atoms with Crippen molar-refractivity contribution in [2.45, 2.75) is 19.4 Å². The highest BCUT2D eigenvalue weighted by Crippen LogP contribution is 2.24. The summed E-state index contributed by atoms with van der Waals surface area (Å²) in [4.78, 5) is 9.85. The van der Waals surface area contributed by atoms with Gasteiger partial charge in [0.05, 0.1) is 12.1 Å². The molecule has 0 fully saturated rings. The van der Waals surface area contributed by atoms with Gasteiger partial charge in [0.2, 0.25) is 0 Å². The lowest BCUT2D eigenvalue weighted by molar-refractivity contribution is 0.215. The lowest BCUT2D eigenvalue weighted by Gasteiger charge is -2.34. The molecule has 1 aromatic rings. The zero-order chi connectivity index (χ0) is 10.8. The Morgan fingerprint density at radius 2 is 2.00 bits per heavy atom. The van der Waals surface area contributed by atoms with Crippen LogP contribution in [0.3, 0.4) is 0 Å². The van der Waals surface area contributed by atoms with E-state index in [1.54, 1.807) is 6.20 Å². The molecule has 0 bridgehead atoms. The molecular formula is C9H14ClN3O. The van der Waals surface area contributed by atoms with Gasteiger partial charge in [0.25, 0.3) is 0 Å². The maximum absolute atomic E-state index is 9.18. The Bertz CT molecular complexity index is 317. The predicted octanol–water partition coefficient (Wildman–Crippen LogP) is 1.34. The van der Waals surface area contributed by atoms with E-state index in [9.17, 15) is 5.11 Å². The molecule has 14 heavy (non-hydrogen) atoms. The van der Waals surface area contributed by atoms with Crippen LogP contribution < -0.4 is 4.90 Å². The summed E-state index contributed by atoms with van der Waals surface area (Å²) in [6.07, 6.45) is 3.11. The minimum atomic E-state index is -0.403. The Balaban J connectivity index is 3.00. The number of hydrogen-bond acceptors (Lipinski definition) is 4. The second-order valence-corrected chi connectivity index (χ2v) is 4.06. The van der Waals surface area contributed by atoms with Crippen LogP contribution in [0, 0.1) is 0 Å². The number of aromatic nitrogens is 2. The SMILES string of the molecule is CN(c1nccnc1Cl)C(C)(C)CO. The van der Waals surface area contributed by atoms with Crippen LogP contribution in [0.2, 0.25) is 5.15 Å². The van der Waals surface area contributed by atoms with Crippen molar-refractivity contribution in [3.8, 4) is 0 Å². The van der Waals surface area contributed by atoms with Crippen LogP contribution >= 0.6 is 11.6 Å². The molecule has 1 N–H and O–H groups in total. The van der Waals surface area contributed by atoms with Crippen LogP contribution in [0.25, 0.3) is 0 Å². The van der Waals surface area contributed by atoms with Crippen LogP contribution in [0.15, 0.2) is 12.4 Å². The van der Waals surface area contributed by atoms with Gasteiger partial charge in [-0.2, -0.15) is 0 Å². The molecule has 78 valence electrons. The van der Waals surface area contributed by atoms with E-state index in [0.717, 1.165) is 0 Å². The number of anilines is 1. The molecule has 5 heteroatoms. The summed E-state index contributed by atoms with van der Waals surface area (Å²) in [7, 11) is 1.83. The van der Waals surface area contributed by atoms with Gasteiger partial charge in [0.15, 0.2) is 11.0 Å². The van der Waals surface area contributed by atoms with E-state index in [0.29, 0.717) is 11.0 Å². The van der Waals surface area contributed by atoms with Gasteiger partial charge in [-0.25, -0.2) is 9.97 Å². The molecule has 0 spiro atoms. The highest BCUT2D eigenvalue weighted by atomic mass is 35.5.